The van der Waals surface area contributed by atoms with Gasteiger partial charge in [-0.1, -0.05) is 0 Å². The molecule has 12 heteroatoms. The van der Waals surface area contributed by atoms with Crippen molar-refractivity contribution in [2.24, 2.45) is 0 Å². The van der Waals surface area contributed by atoms with E-state index in [1.54, 1.807) is 0 Å². The molecule has 11 nitrogen and oxygen atoms in total. The van der Waals surface area contributed by atoms with Gasteiger partial charge in [0, 0.05) is 18.2 Å². The predicted octanol–water partition coefficient (Wildman–Crippen LogP) is -2.24. The molecule has 1 aromatic rings. The molecule has 1 aliphatic heterocycles. The number of ether oxygens (including phenoxy) is 1. The van der Waals surface area contributed by atoms with Crippen LogP contribution < -0.4 is 16.6 Å². The molecular weight excluding hydrogens is 333 g/mol. The number of rotatable bonds is 6. The molecule has 0 saturated carbocycles. The van der Waals surface area contributed by atoms with Gasteiger partial charge in [-0.25, -0.2) is 4.79 Å². The largest absolute Gasteiger partial charge is 0.393 e. The van der Waals surface area contributed by atoms with E-state index >= 15 is 0 Å². The second kappa shape index (κ2) is 7.05. The van der Waals surface area contributed by atoms with Crippen molar-refractivity contribution < 1.29 is 28.9 Å². The normalized spacial score (nSPS) is 28.9. The number of nitrogens with zero attached hydrogens (tertiary/aromatic N) is 1. The molecule has 4 atom stereocenters. The summed E-state index contributed by atoms with van der Waals surface area (Å²) < 4.78 is 21.5. The molecule has 2 rings (SSSR count). The van der Waals surface area contributed by atoms with E-state index in [9.17, 15) is 24.4 Å². The minimum atomic E-state index is -3.18. The number of aliphatic hydroxyl groups is 2. The summed E-state index contributed by atoms with van der Waals surface area (Å²) in [6.07, 6.45) is -0.913. The molecular formula is C11H18N3O8P. The van der Waals surface area contributed by atoms with Crippen molar-refractivity contribution in [2.45, 2.75) is 31.4 Å². The molecule has 0 aromatic carbocycles. The Bertz CT molecular complexity index is 703. The summed E-state index contributed by atoms with van der Waals surface area (Å²) in [6.45, 7) is 0.493. The fourth-order valence-electron chi connectivity index (χ4n) is 2.31. The van der Waals surface area contributed by atoms with E-state index in [1.165, 1.54) is 13.1 Å². The van der Waals surface area contributed by atoms with Gasteiger partial charge in [-0.05, 0) is 6.92 Å². The first-order chi connectivity index (χ1) is 10.8. The van der Waals surface area contributed by atoms with Gasteiger partial charge in [0.1, 0.15) is 19.1 Å². The molecule has 0 spiro atoms. The third-order valence-corrected chi connectivity index (χ3v) is 3.93. The van der Waals surface area contributed by atoms with Crippen molar-refractivity contribution in [3.63, 3.8) is 0 Å². The number of aromatic amines is 1. The van der Waals surface area contributed by atoms with Crippen LogP contribution in [0.3, 0.4) is 0 Å². The van der Waals surface area contributed by atoms with Gasteiger partial charge in [0.05, 0.1) is 6.61 Å². The Morgan fingerprint density at radius 3 is 2.91 bits per heavy atom. The van der Waals surface area contributed by atoms with Crippen LogP contribution in [0.5, 0.6) is 0 Å². The van der Waals surface area contributed by atoms with Crippen LogP contribution in [0.4, 0.5) is 0 Å². The van der Waals surface area contributed by atoms with Crippen molar-refractivity contribution in [3.8, 4) is 0 Å². The highest BCUT2D eigenvalue weighted by Crippen LogP contribution is 2.34. The van der Waals surface area contributed by atoms with Crippen LogP contribution in [0.2, 0.25) is 0 Å². The van der Waals surface area contributed by atoms with Crippen LogP contribution in [-0.4, -0.2) is 49.8 Å². The second-order valence-electron chi connectivity index (χ2n) is 5.10. The molecule has 2 heterocycles. The molecule has 1 aromatic heterocycles. The van der Waals surface area contributed by atoms with E-state index in [0.717, 1.165) is 4.57 Å². The second-order valence-corrected chi connectivity index (χ2v) is 5.92. The zero-order valence-corrected chi connectivity index (χ0v) is 13.2. The molecule has 0 radical (unpaired) electrons. The van der Waals surface area contributed by atoms with Crippen LogP contribution in [0.25, 0.3) is 0 Å². The monoisotopic (exact) mass is 351 g/mol. The predicted molar refractivity (Wildman–Crippen MR) is 76.9 cm³/mol. The van der Waals surface area contributed by atoms with Crippen LogP contribution in [0.1, 0.15) is 18.2 Å². The molecule has 130 valence electrons. The van der Waals surface area contributed by atoms with Gasteiger partial charge in [-0.3, -0.25) is 28.8 Å². The maximum absolute atomic E-state index is 11.9. The zero-order chi connectivity index (χ0) is 17.2. The highest BCUT2D eigenvalue weighted by molar-refractivity contribution is 7.32. The highest BCUT2D eigenvalue weighted by atomic mass is 31.1. The van der Waals surface area contributed by atoms with E-state index < -0.39 is 50.9 Å². The summed E-state index contributed by atoms with van der Waals surface area (Å²) in [7, 11) is -3.18. The third-order valence-electron chi connectivity index (χ3n) is 3.54. The Balaban J connectivity index is 2.21. The summed E-state index contributed by atoms with van der Waals surface area (Å²) >= 11 is 0. The van der Waals surface area contributed by atoms with Gasteiger partial charge in [0.25, 0.3) is 5.56 Å². The van der Waals surface area contributed by atoms with Gasteiger partial charge in [-0.2, -0.15) is 0 Å². The Morgan fingerprint density at radius 1 is 1.61 bits per heavy atom. The lowest BCUT2D eigenvalue weighted by atomic mass is 10.1. The average molecular weight is 351 g/mol. The number of aliphatic hydroxyl groups excluding tert-OH is 1. The first-order valence-corrected chi connectivity index (χ1v) is 7.94. The number of aryl methyl sites for hydroxylation is 1. The quantitative estimate of drug-likeness (QED) is 0.281. The van der Waals surface area contributed by atoms with Gasteiger partial charge < -0.3 is 19.8 Å². The molecule has 5 N–H and O–H groups in total. The number of hydrogen-bond acceptors (Lipinski definition) is 8. The SMILES string of the molecule is Cc1cn([C@H]2C[C@](O)(NCO[PH](=O)O)[C@@H](CO)O2)c(=O)[nH]c1=O. The van der Waals surface area contributed by atoms with E-state index in [-0.39, 0.29) is 12.0 Å². The Labute approximate surface area is 130 Å². The molecule has 1 aliphatic rings. The van der Waals surface area contributed by atoms with Crippen LogP contribution >= 0.6 is 8.25 Å². The number of hydrogen-bond donors (Lipinski definition) is 5. The molecule has 0 bridgehead atoms. The van der Waals surface area contributed by atoms with Crippen LogP contribution in [0.15, 0.2) is 15.8 Å². The Kier molecular flexibility index (Phi) is 5.53. The number of aromatic nitrogens is 2. The lowest BCUT2D eigenvalue weighted by Crippen LogP contribution is -2.53. The summed E-state index contributed by atoms with van der Waals surface area (Å²) in [6, 6.07) is 0. The number of H-pyrrole nitrogens is 1. The van der Waals surface area contributed by atoms with Crippen molar-refractivity contribution in [3.05, 3.63) is 32.6 Å². The minimum absolute atomic E-state index is 0.153. The van der Waals surface area contributed by atoms with Crippen molar-refractivity contribution in [2.75, 3.05) is 13.3 Å². The smallest absolute Gasteiger partial charge is 0.330 e. The molecule has 1 saturated heterocycles. The summed E-state index contributed by atoms with van der Waals surface area (Å²) in [5.41, 5.74) is -2.75. The summed E-state index contributed by atoms with van der Waals surface area (Å²) in [5.74, 6) is 0. The number of nitrogens with one attached hydrogen (secondary N) is 2. The van der Waals surface area contributed by atoms with Crippen molar-refractivity contribution >= 4 is 8.25 Å². The van der Waals surface area contributed by atoms with Gasteiger partial charge in [-0.15, -0.1) is 0 Å². The standard InChI is InChI=1S/C11H18N3O8P/c1-6-3-14(10(17)13-9(6)16)8-2-11(18,7(4-15)22-8)12-5-21-23(19)20/h3,7-8,12,15,18,23H,2,4-5H2,1H3,(H,19,20)(H,13,16,17)/t7-,8-,11-/m1/s1. The van der Waals surface area contributed by atoms with Crippen molar-refractivity contribution in [1.82, 2.24) is 14.9 Å². The van der Waals surface area contributed by atoms with Gasteiger partial charge in [0.15, 0.2) is 5.72 Å². The molecule has 1 fully saturated rings. The lowest BCUT2D eigenvalue weighted by molar-refractivity contribution is -0.102. The fourth-order valence-corrected chi connectivity index (χ4v) is 2.51. The average Bonchev–Trinajstić information content (AvgIpc) is 2.79. The summed E-state index contributed by atoms with van der Waals surface area (Å²) in [5, 5.41) is 22.3. The van der Waals surface area contributed by atoms with E-state index in [1.807, 2.05) is 0 Å². The highest BCUT2D eigenvalue weighted by Gasteiger charge is 2.48. The van der Waals surface area contributed by atoms with Crippen LogP contribution in [0, 0.1) is 6.92 Å². The fraction of sp³-hybridized carbons (Fsp3) is 0.636. The molecule has 23 heavy (non-hydrogen) atoms. The molecule has 0 amide bonds. The Morgan fingerprint density at radius 2 is 2.30 bits per heavy atom. The van der Waals surface area contributed by atoms with Crippen LogP contribution in [-0.2, 0) is 13.8 Å². The van der Waals surface area contributed by atoms with Gasteiger partial charge >= 0.3 is 13.9 Å². The van der Waals surface area contributed by atoms with E-state index in [0.29, 0.717) is 0 Å². The zero-order valence-electron chi connectivity index (χ0n) is 12.2. The summed E-state index contributed by atoms with van der Waals surface area (Å²) in [4.78, 5) is 34.0. The maximum atomic E-state index is 11.9. The van der Waals surface area contributed by atoms with E-state index in [4.69, 9.17) is 9.63 Å². The topological polar surface area (TPSA) is 163 Å². The maximum Gasteiger partial charge on any atom is 0.330 e. The first-order valence-electron chi connectivity index (χ1n) is 6.68. The Hall–Kier alpha value is -1.33. The molecule has 1 unspecified atom stereocenters. The first kappa shape index (κ1) is 18.0. The van der Waals surface area contributed by atoms with Crippen molar-refractivity contribution in [1.29, 1.82) is 0 Å². The molecule has 0 aliphatic carbocycles. The third kappa shape index (κ3) is 3.96. The minimum Gasteiger partial charge on any atom is -0.393 e. The van der Waals surface area contributed by atoms with E-state index in [2.05, 4.69) is 14.8 Å². The van der Waals surface area contributed by atoms with Gasteiger partial charge in [0.2, 0.25) is 0 Å². The lowest BCUT2D eigenvalue weighted by Gasteiger charge is -2.27.